The van der Waals surface area contributed by atoms with E-state index in [9.17, 15) is 19.7 Å². The Kier molecular flexibility index (Phi) is 6.56. The van der Waals surface area contributed by atoms with Crippen LogP contribution in [0.25, 0.3) is 5.69 Å². The van der Waals surface area contributed by atoms with Gasteiger partial charge >= 0.3 is 0 Å². The number of nitrogens with zero attached hydrogens (tertiary/aromatic N) is 4. The predicted octanol–water partition coefficient (Wildman–Crippen LogP) is 2.44. The number of carbonyl (C=O) groups is 1. The monoisotopic (exact) mass is 421 g/mol. The Morgan fingerprint density at radius 1 is 1.13 bits per heavy atom. The van der Waals surface area contributed by atoms with E-state index in [1.807, 2.05) is 43.3 Å². The average Bonchev–Trinajstić information content (AvgIpc) is 2.72. The maximum atomic E-state index is 12.8. The largest absolute Gasteiger partial charge is 0.346 e. The summed E-state index contributed by atoms with van der Waals surface area (Å²) in [6, 6.07) is 15.0. The van der Waals surface area contributed by atoms with Crippen LogP contribution < -0.4 is 10.7 Å². The Bertz CT molecular complexity index is 1190. The van der Waals surface area contributed by atoms with E-state index in [1.54, 1.807) is 13.0 Å². The van der Waals surface area contributed by atoms with Crippen molar-refractivity contribution < 1.29 is 9.72 Å². The SMILES string of the molecule is Cc1cc(=O)c(C(=O)NCc2ccccc2CN(C)C)nn1-c1ccccc1[N+](=O)[O-]. The highest BCUT2D eigenvalue weighted by molar-refractivity contribution is 5.92. The summed E-state index contributed by atoms with van der Waals surface area (Å²) in [5.74, 6) is -0.642. The highest BCUT2D eigenvalue weighted by Crippen LogP contribution is 2.22. The van der Waals surface area contributed by atoms with Gasteiger partial charge in [-0.15, -0.1) is 0 Å². The molecule has 0 aliphatic rings. The van der Waals surface area contributed by atoms with Crippen molar-refractivity contribution in [1.29, 1.82) is 0 Å². The molecule has 31 heavy (non-hydrogen) atoms. The van der Waals surface area contributed by atoms with Crippen LogP contribution in [-0.2, 0) is 13.1 Å². The van der Waals surface area contributed by atoms with Crippen molar-refractivity contribution in [1.82, 2.24) is 20.0 Å². The van der Waals surface area contributed by atoms with E-state index in [-0.39, 0.29) is 23.6 Å². The molecule has 160 valence electrons. The van der Waals surface area contributed by atoms with E-state index >= 15 is 0 Å². The van der Waals surface area contributed by atoms with Crippen LogP contribution in [-0.4, -0.2) is 39.6 Å². The summed E-state index contributed by atoms with van der Waals surface area (Å²) in [5, 5.41) is 18.3. The molecule has 1 aromatic heterocycles. The summed E-state index contributed by atoms with van der Waals surface area (Å²) >= 11 is 0. The van der Waals surface area contributed by atoms with Gasteiger partial charge in [0.1, 0.15) is 5.69 Å². The van der Waals surface area contributed by atoms with E-state index in [0.29, 0.717) is 12.2 Å². The second kappa shape index (κ2) is 9.31. The van der Waals surface area contributed by atoms with Crippen molar-refractivity contribution in [3.8, 4) is 5.69 Å². The number of aryl methyl sites for hydroxylation is 1. The van der Waals surface area contributed by atoms with E-state index < -0.39 is 16.3 Å². The lowest BCUT2D eigenvalue weighted by atomic mass is 10.1. The fourth-order valence-electron chi connectivity index (χ4n) is 3.23. The summed E-state index contributed by atoms with van der Waals surface area (Å²) in [5.41, 5.74) is 1.49. The molecule has 1 heterocycles. The van der Waals surface area contributed by atoms with Crippen molar-refractivity contribution >= 4 is 11.6 Å². The van der Waals surface area contributed by atoms with Gasteiger partial charge in [0.2, 0.25) is 5.43 Å². The van der Waals surface area contributed by atoms with Crippen molar-refractivity contribution in [2.75, 3.05) is 14.1 Å². The molecular weight excluding hydrogens is 398 g/mol. The minimum absolute atomic E-state index is 0.175. The number of amides is 1. The first-order valence-corrected chi connectivity index (χ1v) is 9.62. The van der Waals surface area contributed by atoms with Gasteiger partial charge < -0.3 is 10.2 Å². The topological polar surface area (TPSA) is 110 Å². The lowest BCUT2D eigenvalue weighted by Gasteiger charge is -2.15. The van der Waals surface area contributed by atoms with Crippen molar-refractivity contribution in [3.05, 3.63) is 97.4 Å². The number of nitro groups is 1. The Morgan fingerprint density at radius 2 is 1.77 bits per heavy atom. The maximum Gasteiger partial charge on any atom is 0.294 e. The lowest BCUT2D eigenvalue weighted by molar-refractivity contribution is -0.384. The Morgan fingerprint density at radius 3 is 2.45 bits per heavy atom. The molecule has 0 fully saturated rings. The molecule has 1 amide bonds. The molecule has 0 radical (unpaired) electrons. The smallest absolute Gasteiger partial charge is 0.294 e. The summed E-state index contributed by atoms with van der Waals surface area (Å²) in [6.45, 7) is 2.53. The number of nitro benzene ring substituents is 1. The fraction of sp³-hybridized carbons (Fsp3) is 0.227. The van der Waals surface area contributed by atoms with Gasteiger partial charge in [-0.05, 0) is 38.2 Å². The van der Waals surface area contributed by atoms with Crippen molar-refractivity contribution in [2.45, 2.75) is 20.0 Å². The van der Waals surface area contributed by atoms with E-state index in [2.05, 4.69) is 10.4 Å². The first kappa shape index (κ1) is 21.8. The number of benzene rings is 2. The zero-order chi connectivity index (χ0) is 22.5. The molecule has 0 bridgehead atoms. The molecule has 0 aliphatic heterocycles. The lowest BCUT2D eigenvalue weighted by Crippen LogP contribution is -2.32. The standard InChI is InChI=1S/C22H23N5O4/c1-15-12-20(28)21(24-26(15)18-10-6-7-11-19(18)27(30)31)22(29)23-13-16-8-4-5-9-17(16)14-25(2)3/h4-12H,13-14H2,1-3H3,(H,23,29). The van der Waals surface area contributed by atoms with Gasteiger partial charge in [-0.1, -0.05) is 36.4 Å². The normalized spacial score (nSPS) is 10.8. The number of para-hydroxylation sites is 2. The molecular formula is C22H23N5O4. The van der Waals surface area contributed by atoms with Crippen LogP contribution in [0.5, 0.6) is 0 Å². The van der Waals surface area contributed by atoms with Gasteiger partial charge in [0.25, 0.3) is 11.6 Å². The summed E-state index contributed by atoms with van der Waals surface area (Å²) in [4.78, 5) is 38.1. The molecule has 0 atom stereocenters. The Labute approximate surface area is 179 Å². The molecule has 3 rings (SSSR count). The number of aromatic nitrogens is 2. The van der Waals surface area contributed by atoms with Gasteiger partial charge in [0.15, 0.2) is 5.69 Å². The van der Waals surface area contributed by atoms with Crippen molar-refractivity contribution in [2.24, 2.45) is 0 Å². The molecule has 0 spiro atoms. The summed E-state index contributed by atoms with van der Waals surface area (Å²) in [6.07, 6.45) is 0. The Balaban J connectivity index is 1.91. The number of nitrogens with one attached hydrogen (secondary N) is 1. The third kappa shape index (κ3) is 5.01. The molecule has 1 N–H and O–H groups in total. The van der Waals surface area contributed by atoms with Gasteiger partial charge in [-0.25, -0.2) is 4.68 Å². The van der Waals surface area contributed by atoms with E-state index in [1.165, 1.54) is 28.9 Å². The van der Waals surface area contributed by atoms with Crippen LogP contribution in [0.1, 0.15) is 27.3 Å². The number of rotatable bonds is 7. The Hall–Kier alpha value is -3.85. The number of carbonyl (C=O) groups excluding carboxylic acids is 1. The second-order valence-corrected chi connectivity index (χ2v) is 7.35. The predicted molar refractivity (Wildman–Crippen MR) is 116 cm³/mol. The van der Waals surface area contributed by atoms with E-state index in [4.69, 9.17) is 0 Å². The number of hydrogen-bond donors (Lipinski definition) is 1. The van der Waals surface area contributed by atoms with Crippen molar-refractivity contribution in [3.63, 3.8) is 0 Å². The third-order valence-electron chi connectivity index (χ3n) is 4.67. The zero-order valence-electron chi connectivity index (χ0n) is 17.5. The third-order valence-corrected chi connectivity index (χ3v) is 4.67. The summed E-state index contributed by atoms with van der Waals surface area (Å²) in [7, 11) is 3.91. The quantitative estimate of drug-likeness (QED) is 0.463. The fourth-order valence-corrected chi connectivity index (χ4v) is 3.23. The van der Waals surface area contributed by atoms with Crippen LogP contribution in [0.2, 0.25) is 0 Å². The molecule has 9 heteroatoms. The van der Waals surface area contributed by atoms with Crippen LogP contribution in [0, 0.1) is 17.0 Å². The second-order valence-electron chi connectivity index (χ2n) is 7.35. The summed E-state index contributed by atoms with van der Waals surface area (Å²) < 4.78 is 1.24. The number of hydrogen-bond acceptors (Lipinski definition) is 6. The van der Waals surface area contributed by atoms with Gasteiger partial charge in [0, 0.05) is 30.9 Å². The average molecular weight is 421 g/mol. The maximum absolute atomic E-state index is 12.8. The van der Waals surface area contributed by atoms with Crippen LogP contribution in [0.3, 0.4) is 0 Å². The highest BCUT2D eigenvalue weighted by atomic mass is 16.6. The molecule has 3 aromatic rings. The first-order chi connectivity index (χ1) is 14.8. The molecule has 0 unspecified atom stereocenters. The molecule has 9 nitrogen and oxygen atoms in total. The van der Waals surface area contributed by atoms with Gasteiger partial charge in [0.05, 0.1) is 4.92 Å². The van der Waals surface area contributed by atoms with E-state index in [0.717, 1.165) is 11.1 Å². The molecule has 2 aromatic carbocycles. The highest BCUT2D eigenvalue weighted by Gasteiger charge is 2.20. The van der Waals surface area contributed by atoms with Crippen LogP contribution >= 0.6 is 0 Å². The van der Waals surface area contributed by atoms with Crippen LogP contribution in [0.4, 0.5) is 5.69 Å². The molecule has 0 aliphatic carbocycles. The van der Waals surface area contributed by atoms with Crippen LogP contribution in [0.15, 0.2) is 59.4 Å². The van der Waals surface area contributed by atoms with Gasteiger partial charge in [-0.2, -0.15) is 5.10 Å². The molecule has 0 saturated heterocycles. The minimum atomic E-state index is -0.642. The van der Waals surface area contributed by atoms with Gasteiger partial charge in [-0.3, -0.25) is 19.7 Å². The first-order valence-electron chi connectivity index (χ1n) is 9.62. The molecule has 0 saturated carbocycles. The minimum Gasteiger partial charge on any atom is -0.346 e. The zero-order valence-corrected chi connectivity index (χ0v) is 17.5.